The molecule has 1 heterocycles. The van der Waals surface area contributed by atoms with Crippen molar-refractivity contribution in [1.29, 1.82) is 0 Å². The largest absolute Gasteiger partial charge is 0.302 e. The van der Waals surface area contributed by atoms with Crippen molar-refractivity contribution in [3.8, 4) is 0 Å². The number of anilines is 1. The van der Waals surface area contributed by atoms with Gasteiger partial charge in [-0.3, -0.25) is 15.1 Å². The highest BCUT2D eigenvalue weighted by Gasteiger charge is 2.38. The van der Waals surface area contributed by atoms with Crippen molar-refractivity contribution in [3.05, 3.63) is 11.1 Å². The Morgan fingerprint density at radius 3 is 2.75 bits per heavy atom. The molecule has 5 nitrogen and oxygen atoms in total. The lowest BCUT2D eigenvalue weighted by Gasteiger charge is -2.41. The molecular weight excluding hydrogens is 320 g/mol. The molecule has 0 unspecified atom stereocenters. The Bertz CT molecular complexity index is 602. The summed E-state index contributed by atoms with van der Waals surface area (Å²) in [7, 11) is 0. The lowest BCUT2D eigenvalue weighted by atomic mass is 9.64. The number of hydrogen-bond donors (Lipinski definition) is 2. The van der Waals surface area contributed by atoms with E-state index in [1.807, 2.05) is 6.20 Å². The van der Waals surface area contributed by atoms with Gasteiger partial charge in [0.1, 0.15) is 0 Å². The number of nitrogens with one attached hydrogen (secondary N) is 2. The van der Waals surface area contributed by atoms with Crippen LogP contribution in [0.4, 0.5) is 5.13 Å². The third-order valence-electron chi connectivity index (χ3n) is 6.17. The Morgan fingerprint density at radius 2 is 2.08 bits per heavy atom. The molecule has 2 bridgehead atoms. The molecule has 1 atom stereocenters. The first-order valence-corrected chi connectivity index (χ1v) is 9.97. The second kappa shape index (κ2) is 6.92. The van der Waals surface area contributed by atoms with Gasteiger partial charge in [0, 0.05) is 23.0 Å². The monoisotopic (exact) mass is 346 g/mol. The van der Waals surface area contributed by atoms with Crippen LogP contribution in [0.3, 0.4) is 0 Å². The van der Waals surface area contributed by atoms with Crippen molar-refractivity contribution in [1.82, 2.24) is 10.3 Å². The van der Waals surface area contributed by atoms with Gasteiger partial charge in [0.2, 0.25) is 5.91 Å². The number of hydrogen-bond acceptors (Lipinski definition) is 5. The standard InChI is InChI=1S/C18H26N4OS/c1-19-10-21-14-7-13(8-14)17(23)22-18-20-9-16(24-18)15-6-11-2-4-12(15)5-3-11/h9,11-15,21H,1-8,10H2,(H,20,22,23)/t11?,12?,13?,14?,15-/m1/s1. The van der Waals surface area contributed by atoms with Crippen LogP contribution in [0.5, 0.6) is 0 Å². The summed E-state index contributed by atoms with van der Waals surface area (Å²) in [5.74, 6) is 2.67. The van der Waals surface area contributed by atoms with Gasteiger partial charge in [-0.2, -0.15) is 0 Å². The molecule has 24 heavy (non-hydrogen) atoms. The van der Waals surface area contributed by atoms with Crippen LogP contribution in [0.25, 0.3) is 0 Å². The van der Waals surface area contributed by atoms with E-state index >= 15 is 0 Å². The van der Waals surface area contributed by atoms with Crippen LogP contribution in [-0.4, -0.2) is 30.3 Å². The molecule has 1 aromatic heterocycles. The minimum absolute atomic E-state index is 0.102. The fraction of sp³-hybridized carbons (Fsp3) is 0.722. The number of aliphatic imine (C=N–C) groups is 1. The molecule has 4 aliphatic carbocycles. The number of amides is 1. The summed E-state index contributed by atoms with van der Waals surface area (Å²) in [5.41, 5.74) is 0. The van der Waals surface area contributed by atoms with Crippen LogP contribution in [-0.2, 0) is 4.79 Å². The maximum Gasteiger partial charge on any atom is 0.229 e. The first kappa shape index (κ1) is 16.2. The molecule has 4 fully saturated rings. The van der Waals surface area contributed by atoms with Gasteiger partial charge >= 0.3 is 0 Å². The average molecular weight is 347 g/mol. The number of carbonyl (C=O) groups excluding carboxylic acids is 1. The van der Waals surface area contributed by atoms with Crippen LogP contribution in [0.1, 0.15) is 55.7 Å². The lowest BCUT2D eigenvalue weighted by Crippen LogP contribution is -2.45. The van der Waals surface area contributed by atoms with Gasteiger partial charge in [0.25, 0.3) is 0 Å². The third-order valence-corrected chi connectivity index (χ3v) is 7.21. The fourth-order valence-corrected chi connectivity index (χ4v) is 5.67. The number of carbonyl (C=O) groups is 1. The van der Waals surface area contributed by atoms with E-state index in [1.54, 1.807) is 11.3 Å². The molecule has 130 valence electrons. The summed E-state index contributed by atoms with van der Waals surface area (Å²) >= 11 is 1.69. The number of thiazole rings is 1. The molecule has 4 aliphatic rings. The highest BCUT2D eigenvalue weighted by molar-refractivity contribution is 7.15. The van der Waals surface area contributed by atoms with Crippen LogP contribution in [0, 0.1) is 17.8 Å². The number of nitrogens with zero attached hydrogens (tertiary/aromatic N) is 2. The Morgan fingerprint density at radius 1 is 1.29 bits per heavy atom. The smallest absolute Gasteiger partial charge is 0.229 e. The third kappa shape index (κ3) is 3.26. The van der Waals surface area contributed by atoms with Crippen LogP contribution >= 0.6 is 11.3 Å². The molecule has 5 rings (SSSR count). The zero-order valence-corrected chi connectivity index (χ0v) is 14.9. The van der Waals surface area contributed by atoms with E-state index in [-0.39, 0.29) is 11.8 Å². The van der Waals surface area contributed by atoms with Gasteiger partial charge in [-0.15, -0.1) is 11.3 Å². The van der Waals surface area contributed by atoms with Gasteiger partial charge in [0.05, 0.1) is 6.67 Å². The van der Waals surface area contributed by atoms with E-state index in [0.717, 1.165) is 29.8 Å². The van der Waals surface area contributed by atoms with Gasteiger partial charge in [-0.25, -0.2) is 4.98 Å². The second-order valence-electron chi connectivity index (χ2n) is 7.63. The molecule has 2 N–H and O–H groups in total. The fourth-order valence-electron chi connectivity index (χ4n) is 4.64. The first-order chi connectivity index (χ1) is 11.7. The molecule has 0 aromatic carbocycles. The Labute approximate surface area is 147 Å². The summed E-state index contributed by atoms with van der Waals surface area (Å²) in [6.07, 6.45) is 10.7. The molecule has 0 radical (unpaired) electrons. The number of fused-ring (bicyclic) bond motifs is 3. The second-order valence-corrected chi connectivity index (χ2v) is 8.69. The SMILES string of the molecule is C=NCNC1CC(C(=O)Nc2ncc([C@@H]3CC4CCC3CC4)s2)C1. The molecule has 0 spiro atoms. The van der Waals surface area contributed by atoms with E-state index in [2.05, 4.69) is 27.3 Å². The van der Waals surface area contributed by atoms with Crippen LogP contribution in [0.2, 0.25) is 0 Å². The molecule has 0 aliphatic heterocycles. The van der Waals surface area contributed by atoms with Crippen molar-refractivity contribution in [2.45, 2.75) is 56.9 Å². The van der Waals surface area contributed by atoms with E-state index in [4.69, 9.17) is 0 Å². The molecule has 1 amide bonds. The quantitative estimate of drug-likeness (QED) is 0.776. The Kier molecular flexibility index (Phi) is 4.68. The average Bonchev–Trinajstić information content (AvgIpc) is 3.03. The molecule has 4 saturated carbocycles. The highest BCUT2D eigenvalue weighted by atomic mass is 32.1. The summed E-state index contributed by atoms with van der Waals surface area (Å²) in [6, 6.07) is 0.399. The minimum atomic E-state index is 0.102. The highest BCUT2D eigenvalue weighted by Crippen LogP contribution is 2.50. The Hall–Kier alpha value is -1.27. The zero-order valence-electron chi connectivity index (χ0n) is 14.0. The zero-order chi connectivity index (χ0) is 16.5. The topological polar surface area (TPSA) is 66.4 Å². The van der Waals surface area contributed by atoms with Crippen molar-refractivity contribution in [3.63, 3.8) is 0 Å². The van der Waals surface area contributed by atoms with Crippen LogP contribution < -0.4 is 10.6 Å². The normalized spacial score (nSPS) is 34.6. The minimum Gasteiger partial charge on any atom is -0.302 e. The van der Waals surface area contributed by atoms with Crippen molar-refractivity contribution in [2.75, 3.05) is 12.0 Å². The summed E-state index contributed by atoms with van der Waals surface area (Å²) in [5, 5.41) is 7.07. The summed E-state index contributed by atoms with van der Waals surface area (Å²) in [4.78, 5) is 22.0. The number of aromatic nitrogens is 1. The van der Waals surface area contributed by atoms with E-state index in [0.29, 0.717) is 18.6 Å². The molecular formula is C18H26N4OS. The summed E-state index contributed by atoms with van der Waals surface area (Å²) in [6.45, 7) is 4.03. The molecule has 0 saturated heterocycles. The number of rotatable bonds is 6. The molecule has 6 heteroatoms. The predicted octanol–water partition coefficient (Wildman–Crippen LogP) is 3.40. The van der Waals surface area contributed by atoms with Gasteiger partial charge in [-0.05, 0) is 56.6 Å². The maximum absolute atomic E-state index is 12.3. The Balaban J connectivity index is 1.30. The molecule has 1 aromatic rings. The summed E-state index contributed by atoms with van der Waals surface area (Å²) < 4.78 is 0. The van der Waals surface area contributed by atoms with Crippen molar-refractivity contribution < 1.29 is 4.79 Å². The van der Waals surface area contributed by atoms with Crippen molar-refractivity contribution >= 4 is 29.1 Å². The first-order valence-electron chi connectivity index (χ1n) is 9.15. The van der Waals surface area contributed by atoms with Gasteiger partial charge in [0.15, 0.2) is 5.13 Å². The van der Waals surface area contributed by atoms with Gasteiger partial charge < -0.3 is 5.32 Å². The van der Waals surface area contributed by atoms with E-state index in [1.165, 1.54) is 37.0 Å². The van der Waals surface area contributed by atoms with Crippen molar-refractivity contribution in [2.24, 2.45) is 22.7 Å². The predicted molar refractivity (Wildman–Crippen MR) is 97.6 cm³/mol. The lowest BCUT2D eigenvalue weighted by molar-refractivity contribution is -0.122. The van der Waals surface area contributed by atoms with E-state index < -0.39 is 0 Å². The maximum atomic E-state index is 12.3. The van der Waals surface area contributed by atoms with Gasteiger partial charge in [-0.1, -0.05) is 12.8 Å². The van der Waals surface area contributed by atoms with E-state index in [9.17, 15) is 4.79 Å². The van der Waals surface area contributed by atoms with Crippen LogP contribution in [0.15, 0.2) is 11.2 Å².